The molecule has 1 saturated carbocycles. The average Bonchev–Trinajstić information content (AvgIpc) is 2.72. The summed E-state index contributed by atoms with van der Waals surface area (Å²) in [6.07, 6.45) is 4.39. The van der Waals surface area contributed by atoms with E-state index in [-0.39, 0.29) is 17.2 Å². The van der Waals surface area contributed by atoms with E-state index < -0.39 is 11.7 Å². The molecule has 2 aromatic rings. The molecule has 3 fully saturated rings. The normalized spacial score (nSPS) is 32.6. The first kappa shape index (κ1) is 24.0. The van der Waals surface area contributed by atoms with Crippen LogP contribution in [0, 0.1) is 17.8 Å². The van der Waals surface area contributed by atoms with Crippen molar-refractivity contribution in [3.63, 3.8) is 0 Å². The van der Waals surface area contributed by atoms with Gasteiger partial charge in [-0.15, -0.1) is 0 Å². The molecule has 2 heterocycles. The van der Waals surface area contributed by atoms with Crippen molar-refractivity contribution in [1.29, 1.82) is 0 Å². The smallest absolute Gasteiger partial charge is 0.420 e. The van der Waals surface area contributed by atoms with Crippen LogP contribution in [0.2, 0.25) is 0 Å². The van der Waals surface area contributed by atoms with Crippen LogP contribution in [0.5, 0.6) is 5.75 Å². The van der Waals surface area contributed by atoms with Crippen LogP contribution >= 0.6 is 0 Å². The van der Waals surface area contributed by atoms with Crippen LogP contribution in [0.25, 0.3) is 10.8 Å². The van der Waals surface area contributed by atoms with Gasteiger partial charge in [0.25, 0.3) is 0 Å². The second-order valence-electron chi connectivity index (χ2n) is 11.6. The SMILES string of the molecule is CC1CC2CCCC(C1)N2Cc1ccc2c(C(F)(F)F)c(O[C@H]3C[C@H](C)C[C@H](C)C3)ccc2c1. The van der Waals surface area contributed by atoms with Crippen LogP contribution in [0.15, 0.2) is 30.3 Å². The van der Waals surface area contributed by atoms with Crippen LogP contribution in [-0.4, -0.2) is 23.1 Å². The standard InChI is InChI=1S/C29H38F3NO/c1-18-11-19(2)15-25(14-18)34-27-10-8-22-16-21(7-9-26(22)28(27)29(30,31)32)17-33-23-5-4-6-24(33)13-20(3)12-23/h7-10,16,18-20,23-25H,4-6,11-15,17H2,1-3H3/t18-,19+,20?,23?,24?,25+. The molecular weight excluding hydrogens is 435 g/mol. The van der Waals surface area contributed by atoms with Crippen LogP contribution in [0.4, 0.5) is 13.2 Å². The first-order valence-electron chi connectivity index (χ1n) is 13.2. The number of benzene rings is 2. The van der Waals surface area contributed by atoms with Crippen molar-refractivity contribution in [3.05, 3.63) is 41.5 Å². The van der Waals surface area contributed by atoms with E-state index in [4.69, 9.17) is 4.74 Å². The predicted octanol–water partition coefficient (Wildman–Crippen LogP) is 8.22. The first-order chi connectivity index (χ1) is 16.2. The average molecular weight is 474 g/mol. The van der Waals surface area contributed by atoms with Crippen molar-refractivity contribution < 1.29 is 17.9 Å². The quantitative estimate of drug-likeness (QED) is 0.444. The Labute approximate surface area is 201 Å². The Hall–Kier alpha value is -1.75. The Kier molecular flexibility index (Phi) is 6.60. The van der Waals surface area contributed by atoms with Gasteiger partial charge in [0.15, 0.2) is 0 Å². The maximum atomic E-state index is 14.3. The van der Waals surface area contributed by atoms with E-state index in [9.17, 15) is 13.2 Å². The predicted molar refractivity (Wildman–Crippen MR) is 131 cm³/mol. The molecule has 0 spiro atoms. The minimum atomic E-state index is -4.46. The van der Waals surface area contributed by atoms with Gasteiger partial charge in [0.05, 0.1) is 6.10 Å². The molecule has 3 aliphatic rings. The van der Waals surface area contributed by atoms with E-state index in [0.717, 1.165) is 37.3 Å². The Bertz CT molecular complexity index is 994. The van der Waals surface area contributed by atoms with Crippen molar-refractivity contribution in [2.75, 3.05) is 0 Å². The van der Waals surface area contributed by atoms with Gasteiger partial charge in [-0.25, -0.2) is 0 Å². The zero-order valence-electron chi connectivity index (χ0n) is 20.7. The van der Waals surface area contributed by atoms with Gasteiger partial charge in [-0.05, 0) is 91.2 Å². The summed E-state index contributed by atoms with van der Waals surface area (Å²) < 4.78 is 48.8. The van der Waals surface area contributed by atoms with E-state index in [0.29, 0.717) is 29.3 Å². The third-order valence-electron chi connectivity index (χ3n) is 8.49. The number of nitrogens with zero attached hydrogens (tertiary/aromatic N) is 1. The van der Waals surface area contributed by atoms with E-state index in [1.807, 2.05) is 18.2 Å². The van der Waals surface area contributed by atoms with Gasteiger partial charge >= 0.3 is 6.18 Å². The molecule has 2 aromatic carbocycles. The second-order valence-corrected chi connectivity index (χ2v) is 11.6. The topological polar surface area (TPSA) is 12.5 Å². The highest BCUT2D eigenvalue weighted by molar-refractivity contribution is 5.89. The number of hydrogen-bond acceptors (Lipinski definition) is 2. The highest BCUT2D eigenvalue weighted by atomic mass is 19.4. The summed E-state index contributed by atoms with van der Waals surface area (Å²) in [5, 5.41) is 0.899. The summed E-state index contributed by atoms with van der Waals surface area (Å²) in [7, 11) is 0. The fraction of sp³-hybridized carbons (Fsp3) is 0.655. The van der Waals surface area contributed by atoms with Crippen molar-refractivity contribution >= 4 is 10.8 Å². The first-order valence-corrected chi connectivity index (χ1v) is 13.2. The molecule has 186 valence electrons. The van der Waals surface area contributed by atoms with Gasteiger partial charge in [-0.1, -0.05) is 45.4 Å². The van der Waals surface area contributed by atoms with Crippen LogP contribution in [0.3, 0.4) is 0 Å². The third kappa shape index (κ3) is 4.96. The van der Waals surface area contributed by atoms with Gasteiger partial charge < -0.3 is 4.74 Å². The third-order valence-corrected chi connectivity index (χ3v) is 8.49. The molecule has 5 atom stereocenters. The lowest BCUT2D eigenvalue weighted by Gasteiger charge is -2.48. The molecule has 2 saturated heterocycles. The Morgan fingerprint density at radius 1 is 0.853 bits per heavy atom. The van der Waals surface area contributed by atoms with Crippen LogP contribution in [0.1, 0.15) is 83.3 Å². The molecule has 2 unspecified atom stereocenters. The Balaban J connectivity index is 1.43. The summed E-state index contributed by atoms with van der Waals surface area (Å²) in [5.74, 6) is 1.70. The number of ether oxygens (including phenoxy) is 1. The molecule has 0 N–H and O–H groups in total. The molecule has 0 amide bonds. The van der Waals surface area contributed by atoms with Crippen LogP contribution < -0.4 is 4.74 Å². The lowest BCUT2D eigenvalue weighted by atomic mass is 9.79. The van der Waals surface area contributed by atoms with Crippen LogP contribution in [-0.2, 0) is 12.7 Å². The summed E-state index contributed by atoms with van der Waals surface area (Å²) in [5.41, 5.74) is 0.488. The molecule has 2 bridgehead atoms. The lowest BCUT2D eigenvalue weighted by molar-refractivity contribution is -0.138. The fourth-order valence-electron chi connectivity index (χ4n) is 7.22. The summed E-state index contributed by atoms with van der Waals surface area (Å²) in [6.45, 7) is 7.51. The molecule has 34 heavy (non-hydrogen) atoms. The van der Waals surface area contributed by atoms with Gasteiger partial charge in [0.2, 0.25) is 0 Å². The van der Waals surface area contributed by atoms with E-state index in [2.05, 4.69) is 25.7 Å². The van der Waals surface area contributed by atoms with Gasteiger partial charge in [0.1, 0.15) is 11.3 Å². The highest BCUT2D eigenvalue weighted by Gasteiger charge is 2.39. The Morgan fingerprint density at radius 2 is 1.50 bits per heavy atom. The molecular formula is C29H38F3NO. The number of fused-ring (bicyclic) bond motifs is 3. The van der Waals surface area contributed by atoms with Crippen molar-refractivity contribution in [3.8, 4) is 5.75 Å². The molecule has 2 aliphatic heterocycles. The minimum Gasteiger partial charge on any atom is -0.490 e. The van der Waals surface area contributed by atoms with E-state index in [1.165, 1.54) is 32.1 Å². The number of halogens is 3. The van der Waals surface area contributed by atoms with Gasteiger partial charge in [-0.3, -0.25) is 4.90 Å². The maximum Gasteiger partial charge on any atom is 0.420 e. The van der Waals surface area contributed by atoms with Gasteiger partial charge in [-0.2, -0.15) is 13.2 Å². The highest BCUT2D eigenvalue weighted by Crippen LogP contribution is 2.44. The molecule has 1 aliphatic carbocycles. The number of rotatable bonds is 4. The monoisotopic (exact) mass is 473 g/mol. The summed E-state index contributed by atoms with van der Waals surface area (Å²) in [6, 6.07) is 10.1. The lowest BCUT2D eigenvalue weighted by Crippen LogP contribution is -2.51. The molecule has 0 aromatic heterocycles. The number of piperidine rings is 2. The number of alkyl halides is 3. The Morgan fingerprint density at radius 3 is 2.15 bits per heavy atom. The van der Waals surface area contributed by atoms with E-state index in [1.54, 1.807) is 12.1 Å². The minimum absolute atomic E-state index is 0.0152. The number of hydrogen-bond donors (Lipinski definition) is 0. The summed E-state index contributed by atoms with van der Waals surface area (Å²) in [4.78, 5) is 2.62. The zero-order valence-corrected chi connectivity index (χ0v) is 20.7. The fourth-order valence-corrected chi connectivity index (χ4v) is 7.22. The molecule has 5 heteroatoms. The second kappa shape index (κ2) is 9.37. The van der Waals surface area contributed by atoms with E-state index >= 15 is 0 Å². The summed E-state index contributed by atoms with van der Waals surface area (Å²) >= 11 is 0. The molecule has 2 nitrogen and oxygen atoms in total. The zero-order chi connectivity index (χ0) is 24.0. The van der Waals surface area contributed by atoms with Crippen molar-refractivity contribution in [2.24, 2.45) is 17.8 Å². The molecule has 0 radical (unpaired) electrons. The van der Waals surface area contributed by atoms with Crippen molar-refractivity contribution in [2.45, 2.75) is 103 Å². The van der Waals surface area contributed by atoms with Crippen molar-refractivity contribution in [1.82, 2.24) is 4.90 Å². The van der Waals surface area contributed by atoms with Gasteiger partial charge in [0, 0.05) is 18.6 Å². The maximum absolute atomic E-state index is 14.3. The molecule has 5 rings (SSSR count). The largest absolute Gasteiger partial charge is 0.490 e.